The third-order valence-corrected chi connectivity index (χ3v) is 7.32. The first-order chi connectivity index (χ1) is 17.9. The summed E-state index contributed by atoms with van der Waals surface area (Å²) in [5.74, 6) is 6.22. The average Bonchev–Trinajstić information content (AvgIpc) is 3.02. The fourth-order valence-electron chi connectivity index (χ4n) is 4.53. The summed E-state index contributed by atoms with van der Waals surface area (Å²) in [7, 11) is 1.87. The summed E-state index contributed by atoms with van der Waals surface area (Å²) >= 11 is 0. The third kappa shape index (κ3) is 6.26. The topological polar surface area (TPSA) is 105 Å². The Labute approximate surface area is 226 Å². The highest BCUT2D eigenvalue weighted by Gasteiger charge is 2.21. The van der Waals surface area contributed by atoms with Crippen LogP contribution in [-0.2, 0) is 7.05 Å². The summed E-state index contributed by atoms with van der Waals surface area (Å²) < 4.78 is 1.76. The number of carbonyl (C=O) groups is 1. The van der Waals surface area contributed by atoms with Crippen molar-refractivity contribution in [2.24, 2.45) is 24.0 Å². The van der Waals surface area contributed by atoms with Crippen LogP contribution >= 0.6 is 0 Å². The van der Waals surface area contributed by atoms with Gasteiger partial charge in [-0.15, -0.1) is 0 Å². The van der Waals surface area contributed by atoms with Gasteiger partial charge >= 0.3 is 0 Å². The number of amides is 1. The molecule has 38 heavy (non-hydrogen) atoms. The van der Waals surface area contributed by atoms with Crippen LogP contribution in [0.1, 0.15) is 60.8 Å². The molecule has 1 aromatic heterocycles. The summed E-state index contributed by atoms with van der Waals surface area (Å²) in [5.41, 5.74) is 14.1. The van der Waals surface area contributed by atoms with Crippen molar-refractivity contribution in [2.75, 3.05) is 24.6 Å². The van der Waals surface area contributed by atoms with Gasteiger partial charge in [0.1, 0.15) is 0 Å². The second kappa shape index (κ2) is 11.0. The minimum absolute atomic E-state index is 0.0374. The molecule has 1 aliphatic heterocycles. The van der Waals surface area contributed by atoms with E-state index in [1.54, 1.807) is 23.1 Å². The molecule has 2 aromatic rings. The number of rotatable bonds is 7. The van der Waals surface area contributed by atoms with Crippen molar-refractivity contribution < 1.29 is 4.79 Å². The minimum Gasteiger partial charge on any atom is -0.397 e. The summed E-state index contributed by atoms with van der Waals surface area (Å²) in [4.78, 5) is 15.8. The van der Waals surface area contributed by atoms with Gasteiger partial charge < -0.3 is 11.1 Å². The first-order valence-electron chi connectivity index (χ1n) is 13.2. The molecule has 2 heterocycles. The lowest BCUT2D eigenvalue weighted by Gasteiger charge is -2.31. The van der Waals surface area contributed by atoms with Gasteiger partial charge in [-0.3, -0.25) is 19.4 Å². The number of hydrogen-bond donors (Lipinski definition) is 3. The first-order valence-corrected chi connectivity index (χ1v) is 13.2. The van der Waals surface area contributed by atoms with Crippen molar-refractivity contribution in [3.05, 3.63) is 88.1 Å². The van der Waals surface area contributed by atoms with E-state index in [1.807, 2.05) is 33.0 Å². The third-order valence-electron chi connectivity index (χ3n) is 7.32. The van der Waals surface area contributed by atoms with E-state index in [4.69, 9.17) is 11.6 Å². The van der Waals surface area contributed by atoms with E-state index >= 15 is 0 Å². The van der Waals surface area contributed by atoms with E-state index in [0.29, 0.717) is 23.4 Å². The van der Waals surface area contributed by atoms with Crippen LogP contribution in [-0.4, -0.2) is 40.2 Å². The molecule has 4 rings (SSSR count). The maximum Gasteiger partial charge on any atom is 0.255 e. The van der Waals surface area contributed by atoms with E-state index in [9.17, 15) is 4.79 Å². The van der Waals surface area contributed by atoms with E-state index in [1.165, 1.54) is 22.6 Å². The quantitative estimate of drug-likeness (QED) is 0.375. The largest absolute Gasteiger partial charge is 0.397 e. The normalized spacial score (nSPS) is 16.7. The Bertz CT molecular complexity index is 1330. The zero-order valence-corrected chi connectivity index (χ0v) is 23.5. The van der Waals surface area contributed by atoms with Gasteiger partial charge in [-0.05, 0) is 73.7 Å². The van der Waals surface area contributed by atoms with Gasteiger partial charge in [0.05, 0.1) is 17.6 Å². The molecule has 8 nitrogen and oxygen atoms in total. The number of hydrazine groups is 1. The number of nitrogens with zero attached hydrogens (tertiary/aromatic N) is 4. The highest BCUT2D eigenvalue weighted by molar-refractivity contribution is 5.96. The van der Waals surface area contributed by atoms with Gasteiger partial charge in [0.25, 0.3) is 5.91 Å². The van der Waals surface area contributed by atoms with Gasteiger partial charge in [0, 0.05) is 48.7 Å². The molecule has 0 radical (unpaired) electrons. The summed E-state index contributed by atoms with van der Waals surface area (Å²) in [6.45, 7) is 13.8. The van der Waals surface area contributed by atoms with Gasteiger partial charge in [-0.25, -0.2) is 5.84 Å². The van der Waals surface area contributed by atoms with Crippen LogP contribution in [0.4, 0.5) is 5.69 Å². The fourth-order valence-corrected chi connectivity index (χ4v) is 4.53. The number of aromatic nitrogens is 2. The number of aryl methyl sites for hydroxylation is 2. The lowest BCUT2D eigenvalue weighted by molar-refractivity contribution is 0.0965. The number of likely N-dealkylation sites (tertiary alicyclic amines) is 1. The number of benzene rings is 1. The van der Waals surface area contributed by atoms with Crippen LogP contribution < -0.4 is 21.9 Å². The van der Waals surface area contributed by atoms with Gasteiger partial charge in [0.15, 0.2) is 0 Å². The molecule has 0 spiro atoms. The number of carbonyl (C=O) groups excluding carboxylic acids is 1. The minimum atomic E-state index is -0.168. The molecule has 1 fully saturated rings. The monoisotopic (exact) mass is 515 g/mol. The number of nitrogens with one attached hydrogen (secondary N) is 1. The molecule has 1 aliphatic carbocycles. The van der Waals surface area contributed by atoms with E-state index in [2.05, 4.69) is 54.3 Å². The van der Waals surface area contributed by atoms with Crippen LogP contribution in [0.15, 0.2) is 65.7 Å². The van der Waals surface area contributed by atoms with Crippen LogP contribution in [0.2, 0.25) is 0 Å². The number of anilines is 1. The molecule has 202 valence electrons. The smallest absolute Gasteiger partial charge is 0.255 e. The Morgan fingerprint density at radius 1 is 1.21 bits per heavy atom. The lowest BCUT2D eigenvalue weighted by atomic mass is 9.85. The number of allylic oxidation sites excluding steroid dienone is 3. The van der Waals surface area contributed by atoms with Gasteiger partial charge in [-0.1, -0.05) is 39.0 Å². The molecule has 1 saturated heterocycles. The van der Waals surface area contributed by atoms with Crippen molar-refractivity contribution in [3.8, 4) is 0 Å². The Kier molecular flexibility index (Phi) is 7.94. The molecule has 0 bridgehead atoms. The van der Waals surface area contributed by atoms with Crippen molar-refractivity contribution in [1.29, 1.82) is 0 Å². The molecule has 8 heteroatoms. The zero-order valence-electron chi connectivity index (χ0n) is 23.5. The molecule has 1 amide bonds. The summed E-state index contributed by atoms with van der Waals surface area (Å²) in [6, 6.07) is 5.52. The van der Waals surface area contributed by atoms with Crippen LogP contribution in [0, 0.1) is 19.3 Å². The predicted octanol–water partition coefficient (Wildman–Crippen LogP) is 4.30. The Morgan fingerprint density at radius 3 is 2.55 bits per heavy atom. The molecule has 0 unspecified atom stereocenters. The van der Waals surface area contributed by atoms with Crippen LogP contribution in [0.25, 0.3) is 5.70 Å². The zero-order chi connectivity index (χ0) is 27.6. The maximum absolute atomic E-state index is 13.4. The summed E-state index contributed by atoms with van der Waals surface area (Å²) in [5, 5.41) is 8.86. The van der Waals surface area contributed by atoms with E-state index in [-0.39, 0.29) is 11.3 Å². The van der Waals surface area contributed by atoms with Gasteiger partial charge in [0.2, 0.25) is 0 Å². The van der Waals surface area contributed by atoms with Gasteiger partial charge in [-0.2, -0.15) is 5.10 Å². The number of nitrogens with two attached hydrogens (primary N) is 2. The average molecular weight is 516 g/mol. The highest BCUT2D eigenvalue weighted by atomic mass is 16.1. The standard InChI is InChI=1S/C30H41N7O/c1-20-8-10-23(15-28(20)37(32)19-27(31)26-17-33-35(6)21(26)2)29(38)34-25-11-9-22(18-36-12-7-13-36)14-24(16-25)30(3,4)5/h8-10,14-17,19H,7,11-13,18,31-32H2,1-6H3,(H,34,38)/b27-19-. The predicted molar refractivity (Wildman–Crippen MR) is 155 cm³/mol. The molecular formula is C30H41N7O. The second-order valence-electron chi connectivity index (χ2n) is 11.3. The maximum atomic E-state index is 13.4. The van der Waals surface area contributed by atoms with E-state index < -0.39 is 0 Å². The Morgan fingerprint density at radius 2 is 1.95 bits per heavy atom. The molecule has 0 atom stereocenters. The van der Waals surface area contributed by atoms with Crippen molar-refractivity contribution in [2.45, 2.75) is 47.5 Å². The fraction of sp³-hybridized carbons (Fsp3) is 0.400. The molecule has 2 aliphatic rings. The lowest BCUT2D eigenvalue weighted by Crippen LogP contribution is -2.38. The first kappa shape index (κ1) is 27.4. The molecule has 0 saturated carbocycles. The van der Waals surface area contributed by atoms with Crippen molar-refractivity contribution in [1.82, 2.24) is 20.0 Å². The highest BCUT2D eigenvalue weighted by Crippen LogP contribution is 2.31. The summed E-state index contributed by atoms with van der Waals surface area (Å²) in [6.07, 6.45) is 12.0. The van der Waals surface area contributed by atoms with Crippen LogP contribution in [0.5, 0.6) is 0 Å². The second-order valence-corrected chi connectivity index (χ2v) is 11.3. The van der Waals surface area contributed by atoms with Crippen LogP contribution in [0.3, 0.4) is 0 Å². The molecule has 5 N–H and O–H groups in total. The van der Waals surface area contributed by atoms with Crippen molar-refractivity contribution in [3.63, 3.8) is 0 Å². The Balaban J connectivity index is 1.53. The molecule has 1 aromatic carbocycles. The van der Waals surface area contributed by atoms with E-state index in [0.717, 1.165) is 42.2 Å². The number of hydrogen-bond acceptors (Lipinski definition) is 6. The SMILES string of the molecule is Cc1ccc(C(=O)NC2=CC(C(C)(C)C)=CC(CN3CCC3)=CC2)cc1N(N)/C=C(\N)c1cnn(C)c1C. The van der Waals surface area contributed by atoms with Crippen molar-refractivity contribution >= 4 is 17.3 Å². The Hall–Kier alpha value is -3.62. The molecular weight excluding hydrogens is 474 g/mol.